The molecule has 20 heteroatoms. The summed E-state index contributed by atoms with van der Waals surface area (Å²) in [7, 11) is -3.72. The van der Waals surface area contributed by atoms with Crippen LogP contribution in [0.4, 0.5) is 40.8 Å². The van der Waals surface area contributed by atoms with Crippen LogP contribution in [0.2, 0.25) is 0 Å². The Morgan fingerprint density at radius 2 is 0.934 bits per heavy atom. The van der Waals surface area contributed by atoms with Crippen molar-refractivity contribution in [2.24, 2.45) is 0 Å². The minimum Gasteiger partial charge on any atom is -0.399 e. The first kappa shape index (κ1) is 48.4. The fourth-order valence-corrected chi connectivity index (χ4v) is 8.61. The van der Waals surface area contributed by atoms with Gasteiger partial charge in [-0.15, -0.1) is 0 Å². The van der Waals surface area contributed by atoms with Gasteiger partial charge in [0.25, 0.3) is 11.1 Å². The van der Waals surface area contributed by atoms with Crippen LogP contribution in [0.5, 0.6) is 0 Å². The lowest BCUT2D eigenvalue weighted by molar-refractivity contribution is 0.434. The Balaban J connectivity index is 0.000000222. The SMILES string of the molecule is CCCn1c(=O)ccc2cc(CS(=O)(=O)Cc3c(F)c(F)c(C)c(F)c3F)ccc21.CCCn1c(=O)ccc2cc(N)ccc21.Cc1c(F)c(F)c(CS(=O)(=O)Cl)c(F)c1F. The van der Waals surface area contributed by atoms with Crippen molar-refractivity contribution in [2.45, 2.75) is 70.9 Å². The van der Waals surface area contributed by atoms with Crippen LogP contribution in [-0.4, -0.2) is 26.0 Å². The third kappa shape index (κ3) is 11.4. The molecule has 0 aliphatic rings. The molecule has 6 aromatic rings. The number of aromatic nitrogens is 2. The fourth-order valence-electron chi connectivity index (χ4n) is 6.20. The molecule has 61 heavy (non-hydrogen) atoms. The molecule has 0 amide bonds. The number of pyridine rings is 2. The molecule has 2 heterocycles. The van der Waals surface area contributed by atoms with E-state index in [9.17, 15) is 61.5 Å². The van der Waals surface area contributed by atoms with Gasteiger partial charge in [0.2, 0.25) is 9.05 Å². The summed E-state index contributed by atoms with van der Waals surface area (Å²) in [5.74, 6) is -16.5. The van der Waals surface area contributed by atoms with Gasteiger partial charge >= 0.3 is 0 Å². The average molecular weight is 920 g/mol. The van der Waals surface area contributed by atoms with Gasteiger partial charge in [0.05, 0.1) is 28.3 Å². The predicted molar refractivity (Wildman–Crippen MR) is 218 cm³/mol. The smallest absolute Gasteiger partial charge is 0.251 e. The normalized spacial score (nSPS) is 11.6. The van der Waals surface area contributed by atoms with Gasteiger partial charge in [0.15, 0.2) is 56.4 Å². The van der Waals surface area contributed by atoms with Crippen molar-refractivity contribution in [3.63, 3.8) is 0 Å². The number of sulfone groups is 1. The zero-order valence-corrected chi connectivity index (χ0v) is 35.3. The van der Waals surface area contributed by atoms with Crippen LogP contribution in [0.3, 0.4) is 0 Å². The molecule has 0 saturated heterocycles. The molecule has 0 unspecified atom stereocenters. The molecule has 0 spiro atoms. The van der Waals surface area contributed by atoms with Gasteiger partial charge in [-0.05, 0) is 80.1 Å². The Morgan fingerprint density at radius 1 is 0.541 bits per heavy atom. The van der Waals surface area contributed by atoms with Crippen molar-refractivity contribution in [1.29, 1.82) is 0 Å². The van der Waals surface area contributed by atoms with Gasteiger partial charge in [-0.3, -0.25) is 9.59 Å². The Morgan fingerprint density at radius 3 is 1.34 bits per heavy atom. The van der Waals surface area contributed by atoms with Gasteiger partial charge in [-0.25, -0.2) is 52.0 Å². The van der Waals surface area contributed by atoms with E-state index in [0.29, 0.717) is 23.0 Å². The second-order valence-electron chi connectivity index (χ2n) is 13.8. The third-order valence-electron chi connectivity index (χ3n) is 9.18. The molecular weight excluding hydrogens is 882 g/mol. The zero-order chi connectivity index (χ0) is 45.7. The Hall–Kier alpha value is -5.27. The lowest BCUT2D eigenvalue weighted by atomic mass is 10.1. The second-order valence-corrected chi connectivity index (χ2v) is 18.6. The summed E-state index contributed by atoms with van der Waals surface area (Å²) >= 11 is 0. The van der Waals surface area contributed by atoms with Crippen molar-refractivity contribution >= 4 is 57.1 Å². The van der Waals surface area contributed by atoms with E-state index in [4.69, 9.17) is 16.4 Å². The van der Waals surface area contributed by atoms with Crippen LogP contribution in [0.1, 0.15) is 54.5 Å². The van der Waals surface area contributed by atoms with Crippen molar-refractivity contribution < 1.29 is 52.0 Å². The summed E-state index contributed by atoms with van der Waals surface area (Å²) in [5, 5.41) is 1.64. The number of nitrogens with two attached hydrogens (primary N) is 1. The predicted octanol–water partition coefficient (Wildman–Crippen LogP) is 9.01. The summed E-state index contributed by atoms with van der Waals surface area (Å²) in [6.45, 7) is 6.92. The van der Waals surface area contributed by atoms with E-state index in [1.54, 1.807) is 33.4 Å². The minimum atomic E-state index is -4.31. The number of hydrogen-bond acceptors (Lipinski definition) is 7. The molecule has 0 aliphatic carbocycles. The molecule has 0 bridgehead atoms. The first-order valence-corrected chi connectivity index (χ1v) is 22.5. The van der Waals surface area contributed by atoms with E-state index in [-0.39, 0.29) is 11.1 Å². The minimum absolute atomic E-state index is 0.0501. The molecule has 9 nitrogen and oxygen atoms in total. The molecule has 0 aliphatic heterocycles. The topological polar surface area (TPSA) is 138 Å². The summed E-state index contributed by atoms with van der Waals surface area (Å²) in [4.78, 5) is 23.7. The molecule has 0 radical (unpaired) electrons. The van der Waals surface area contributed by atoms with Gasteiger partial charge in [0.1, 0.15) is 0 Å². The Labute approximate surface area is 349 Å². The fraction of sp³-hybridized carbons (Fsp3) is 0.268. The van der Waals surface area contributed by atoms with E-state index < -0.39 is 105 Å². The van der Waals surface area contributed by atoms with Gasteiger partial charge in [-0.2, -0.15) is 0 Å². The molecule has 4 aromatic carbocycles. The number of nitrogen functional groups attached to an aromatic ring is 1. The number of anilines is 1. The lowest BCUT2D eigenvalue weighted by Gasteiger charge is -2.12. The second kappa shape index (κ2) is 19.6. The molecule has 0 fully saturated rings. The Bertz CT molecular complexity index is 2940. The number of nitrogens with zero attached hydrogens (tertiary/aromatic N) is 2. The quantitative estimate of drug-likeness (QED) is 0.0627. The average Bonchev–Trinajstić information content (AvgIpc) is 3.20. The highest BCUT2D eigenvalue weighted by molar-refractivity contribution is 8.13. The number of aryl methyl sites for hydroxylation is 2. The molecule has 328 valence electrons. The van der Waals surface area contributed by atoms with E-state index in [1.807, 2.05) is 31.2 Å². The van der Waals surface area contributed by atoms with E-state index >= 15 is 0 Å². The van der Waals surface area contributed by atoms with Crippen LogP contribution in [-0.2, 0) is 49.2 Å². The highest BCUT2D eigenvalue weighted by atomic mass is 35.7. The monoisotopic (exact) mass is 919 g/mol. The molecular formula is C41H38ClF8N3O6S2. The zero-order valence-electron chi connectivity index (χ0n) is 32.9. The maximum atomic E-state index is 14.1. The molecule has 0 saturated carbocycles. The van der Waals surface area contributed by atoms with Gasteiger partial charge < -0.3 is 14.9 Å². The summed E-state index contributed by atoms with van der Waals surface area (Å²) in [6.07, 6.45) is 1.68. The van der Waals surface area contributed by atoms with E-state index in [1.165, 1.54) is 12.1 Å². The van der Waals surface area contributed by atoms with Crippen molar-refractivity contribution in [3.8, 4) is 0 Å². The summed E-state index contributed by atoms with van der Waals surface area (Å²) in [6, 6.07) is 16.6. The van der Waals surface area contributed by atoms with Gasteiger partial charge in [-0.1, -0.05) is 19.9 Å². The first-order valence-electron chi connectivity index (χ1n) is 18.2. The molecule has 2 N–H and O–H groups in total. The van der Waals surface area contributed by atoms with Crippen molar-refractivity contribution in [2.75, 3.05) is 5.73 Å². The van der Waals surface area contributed by atoms with E-state index in [2.05, 4.69) is 6.92 Å². The van der Waals surface area contributed by atoms with Crippen LogP contribution in [0.25, 0.3) is 21.8 Å². The summed E-state index contributed by atoms with van der Waals surface area (Å²) < 4.78 is 157. The van der Waals surface area contributed by atoms with Crippen molar-refractivity contribution in [1.82, 2.24) is 9.13 Å². The van der Waals surface area contributed by atoms with Crippen LogP contribution in [0.15, 0.2) is 70.3 Å². The maximum Gasteiger partial charge on any atom is 0.251 e. The lowest BCUT2D eigenvalue weighted by Crippen LogP contribution is -2.19. The summed E-state index contributed by atoms with van der Waals surface area (Å²) in [5.41, 5.74) is 4.09. The number of rotatable bonds is 10. The number of halogens is 9. The van der Waals surface area contributed by atoms with Crippen molar-refractivity contribution in [3.05, 3.63) is 156 Å². The Kier molecular flexibility index (Phi) is 15.6. The maximum absolute atomic E-state index is 14.1. The molecule has 6 rings (SSSR count). The van der Waals surface area contributed by atoms with Gasteiger partial charge in [0, 0.05) is 69.2 Å². The van der Waals surface area contributed by atoms with Crippen LogP contribution < -0.4 is 16.9 Å². The van der Waals surface area contributed by atoms with E-state index in [0.717, 1.165) is 49.8 Å². The van der Waals surface area contributed by atoms with Crippen LogP contribution >= 0.6 is 10.7 Å². The highest BCUT2D eigenvalue weighted by Gasteiger charge is 2.28. The number of hydrogen-bond donors (Lipinski definition) is 1. The number of fused-ring (bicyclic) bond motifs is 2. The molecule has 2 aromatic heterocycles. The van der Waals surface area contributed by atoms with Crippen LogP contribution in [0, 0.1) is 60.4 Å². The first-order chi connectivity index (χ1) is 28.4. The largest absolute Gasteiger partial charge is 0.399 e. The molecule has 0 atom stereocenters. The highest BCUT2D eigenvalue weighted by Crippen LogP contribution is 2.28. The standard InChI is InChI=1S/C21H19F4NO3S.C12H14N2O.C8H5ClF4O2S/c1-3-8-26-16-6-4-13(9-14(16)5-7-17(26)27)10-30(28,29)11-15-20(24)18(22)12(2)19(23)21(15)25;1-2-7-14-11-5-4-10(13)8-9(11)3-6-12(14)15;1-3-5(10)7(12)4(2-16(9,14)15)8(13)6(3)11/h4-7,9H,3,8,10-11H2,1-2H3;3-6,8H,2,7,13H2,1H3;2H2,1H3. The third-order valence-corrected chi connectivity index (χ3v) is 11.6. The number of benzene rings is 4.